The standard InChI is InChI=1S/C24H30ClN3O2/c1-6-28-22-10-16(2)18(11-21(22)17(3)13-24(28,4)5)14-26-27-23(29)15-30-20-9-7-8-19(25)12-20/h7-12,14,17H,6,13,15H2,1-5H3,(H,27,29)/b26-14+/t17-/m0/s1. The van der Waals surface area contributed by atoms with Crippen LogP contribution in [0.4, 0.5) is 5.69 Å². The Labute approximate surface area is 184 Å². The van der Waals surface area contributed by atoms with E-state index in [1.807, 2.05) is 0 Å². The molecule has 1 N–H and O–H groups in total. The molecule has 0 unspecified atom stereocenters. The summed E-state index contributed by atoms with van der Waals surface area (Å²) in [6.45, 7) is 12.0. The minimum atomic E-state index is -0.325. The number of aryl methyl sites for hydroxylation is 1. The van der Waals surface area contributed by atoms with Crippen LogP contribution in [0.15, 0.2) is 41.5 Å². The van der Waals surface area contributed by atoms with Gasteiger partial charge in [-0.2, -0.15) is 5.10 Å². The van der Waals surface area contributed by atoms with E-state index in [0.29, 0.717) is 16.7 Å². The van der Waals surface area contributed by atoms with Crippen molar-refractivity contribution >= 4 is 29.4 Å². The van der Waals surface area contributed by atoms with Crippen molar-refractivity contribution in [2.24, 2.45) is 5.10 Å². The SMILES string of the molecule is CCN1c2cc(C)c(/C=N/NC(=O)COc3cccc(Cl)c3)cc2[C@@H](C)CC1(C)C. The largest absolute Gasteiger partial charge is 0.484 e. The third-order valence-electron chi connectivity index (χ3n) is 5.65. The first-order chi connectivity index (χ1) is 14.2. The van der Waals surface area contributed by atoms with Gasteiger partial charge in [0.1, 0.15) is 5.75 Å². The van der Waals surface area contributed by atoms with Crippen LogP contribution >= 0.6 is 11.6 Å². The molecule has 5 nitrogen and oxygen atoms in total. The predicted molar refractivity (Wildman–Crippen MR) is 124 cm³/mol. The van der Waals surface area contributed by atoms with Crippen LogP contribution in [0.25, 0.3) is 0 Å². The first-order valence-corrected chi connectivity index (χ1v) is 10.7. The van der Waals surface area contributed by atoms with Crippen LogP contribution in [0.3, 0.4) is 0 Å². The third kappa shape index (κ3) is 4.96. The zero-order valence-corrected chi connectivity index (χ0v) is 19.1. The second kappa shape index (κ2) is 9.09. The van der Waals surface area contributed by atoms with Crippen LogP contribution in [-0.2, 0) is 4.79 Å². The quantitative estimate of drug-likeness (QED) is 0.503. The number of nitrogens with one attached hydrogen (secondary N) is 1. The van der Waals surface area contributed by atoms with Gasteiger partial charge in [0.2, 0.25) is 0 Å². The molecule has 0 aliphatic carbocycles. The Morgan fingerprint density at radius 3 is 2.83 bits per heavy atom. The van der Waals surface area contributed by atoms with Gasteiger partial charge in [0.15, 0.2) is 6.61 Å². The lowest BCUT2D eigenvalue weighted by Crippen LogP contribution is -2.48. The van der Waals surface area contributed by atoms with Crippen LogP contribution in [0.2, 0.25) is 5.02 Å². The maximum Gasteiger partial charge on any atom is 0.277 e. The predicted octanol–water partition coefficient (Wildman–Crippen LogP) is 5.29. The van der Waals surface area contributed by atoms with E-state index in [1.165, 1.54) is 11.3 Å². The van der Waals surface area contributed by atoms with E-state index in [4.69, 9.17) is 16.3 Å². The average Bonchev–Trinajstić information content (AvgIpc) is 2.67. The van der Waals surface area contributed by atoms with E-state index in [2.05, 4.69) is 62.2 Å². The van der Waals surface area contributed by atoms with Crippen LogP contribution in [0, 0.1) is 6.92 Å². The van der Waals surface area contributed by atoms with Gasteiger partial charge in [0.25, 0.3) is 5.91 Å². The number of carbonyl (C=O) groups is 1. The normalized spacial score (nSPS) is 17.7. The lowest BCUT2D eigenvalue weighted by atomic mass is 9.79. The van der Waals surface area contributed by atoms with Gasteiger partial charge < -0.3 is 9.64 Å². The number of carbonyl (C=O) groups excluding carboxylic acids is 1. The fraction of sp³-hybridized carbons (Fsp3) is 0.417. The zero-order chi connectivity index (χ0) is 21.9. The van der Waals surface area contributed by atoms with Crippen LogP contribution < -0.4 is 15.1 Å². The van der Waals surface area contributed by atoms with Crippen LogP contribution in [0.5, 0.6) is 5.75 Å². The van der Waals surface area contributed by atoms with Gasteiger partial charge in [0.05, 0.1) is 6.21 Å². The summed E-state index contributed by atoms with van der Waals surface area (Å²) in [6.07, 6.45) is 2.81. The summed E-state index contributed by atoms with van der Waals surface area (Å²) in [6, 6.07) is 11.4. The number of ether oxygens (including phenoxy) is 1. The molecular weight excluding hydrogens is 398 g/mol. The third-order valence-corrected chi connectivity index (χ3v) is 5.88. The second-order valence-corrected chi connectivity index (χ2v) is 8.91. The van der Waals surface area contributed by atoms with Crippen molar-refractivity contribution in [3.63, 3.8) is 0 Å². The second-order valence-electron chi connectivity index (χ2n) is 8.47. The van der Waals surface area contributed by atoms with Crippen molar-refractivity contribution in [2.45, 2.75) is 52.5 Å². The highest BCUT2D eigenvalue weighted by atomic mass is 35.5. The van der Waals surface area contributed by atoms with Gasteiger partial charge in [0, 0.05) is 22.8 Å². The van der Waals surface area contributed by atoms with Crippen molar-refractivity contribution in [3.05, 3.63) is 58.1 Å². The van der Waals surface area contributed by atoms with Gasteiger partial charge in [-0.25, -0.2) is 5.43 Å². The Hall–Kier alpha value is -2.53. The monoisotopic (exact) mass is 427 g/mol. The van der Waals surface area contributed by atoms with Gasteiger partial charge in [-0.3, -0.25) is 4.79 Å². The molecule has 2 aromatic carbocycles. The molecule has 0 radical (unpaired) electrons. The Bertz CT molecular complexity index is 955. The average molecular weight is 428 g/mol. The minimum Gasteiger partial charge on any atom is -0.484 e. The van der Waals surface area contributed by atoms with Crippen molar-refractivity contribution in [1.82, 2.24) is 5.43 Å². The molecule has 1 atom stereocenters. The highest BCUT2D eigenvalue weighted by Crippen LogP contribution is 2.43. The van der Waals surface area contributed by atoms with Crippen molar-refractivity contribution in [1.29, 1.82) is 0 Å². The summed E-state index contributed by atoms with van der Waals surface area (Å²) in [5.74, 6) is 0.685. The van der Waals surface area contributed by atoms with Gasteiger partial charge in [-0.1, -0.05) is 24.6 Å². The van der Waals surface area contributed by atoms with E-state index in [1.54, 1.807) is 30.5 Å². The number of benzene rings is 2. The number of hydrazone groups is 1. The van der Waals surface area contributed by atoms with Crippen molar-refractivity contribution in [3.8, 4) is 5.75 Å². The fourth-order valence-corrected chi connectivity index (χ4v) is 4.48. The molecule has 2 aromatic rings. The molecular formula is C24H30ClN3O2. The molecule has 0 fully saturated rings. The molecule has 0 saturated carbocycles. The summed E-state index contributed by atoms with van der Waals surface area (Å²) in [7, 11) is 0. The molecule has 1 heterocycles. The van der Waals surface area contributed by atoms with Crippen LogP contribution in [0.1, 0.15) is 56.7 Å². The molecule has 1 amide bonds. The molecule has 30 heavy (non-hydrogen) atoms. The van der Waals surface area contributed by atoms with Gasteiger partial charge >= 0.3 is 0 Å². The summed E-state index contributed by atoms with van der Waals surface area (Å²) < 4.78 is 5.43. The Morgan fingerprint density at radius 1 is 1.37 bits per heavy atom. The first kappa shape index (κ1) is 22.2. The number of halogens is 1. The Kier molecular flexibility index (Phi) is 6.71. The van der Waals surface area contributed by atoms with E-state index < -0.39 is 0 Å². The number of hydrogen-bond acceptors (Lipinski definition) is 4. The van der Waals surface area contributed by atoms with E-state index in [-0.39, 0.29) is 18.1 Å². The van der Waals surface area contributed by atoms with Crippen molar-refractivity contribution < 1.29 is 9.53 Å². The molecule has 1 aliphatic heterocycles. The molecule has 6 heteroatoms. The van der Waals surface area contributed by atoms with E-state index in [0.717, 1.165) is 24.1 Å². The number of fused-ring (bicyclic) bond motifs is 1. The number of anilines is 1. The number of hydrogen-bond donors (Lipinski definition) is 1. The number of nitrogens with zero attached hydrogens (tertiary/aromatic N) is 2. The molecule has 0 spiro atoms. The minimum absolute atomic E-state index is 0.127. The Balaban J connectivity index is 1.67. The van der Waals surface area contributed by atoms with Gasteiger partial charge in [-0.15, -0.1) is 0 Å². The summed E-state index contributed by atoms with van der Waals surface area (Å²) in [5.41, 5.74) is 7.44. The lowest BCUT2D eigenvalue weighted by Gasteiger charge is -2.47. The first-order valence-electron chi connectivity index (χ1n) is 10.3. The smallest absolute Gasteiger partial charge is 0.277 e. The molecule has 1 aliphatic rings. The Morgan fingerprint density at radius 2 is 2.13 bits per heavy atom. The maximum atomic E-state index is 12.0. The lowest BCUT2D eigenvalue weighted by molar-refractivity contribution is -0.123. The number of amides is 1. The summed E-state index contributed by atoms with van der Waals surface area (Å²) in [4.78, 5) is 14.5. The van der Waals surface area contributed by atoms with Crippen LogP contribution in [-0.4, -0.2) is 30.8 Å². The molecule has 3 rings (SSSR count). The summed E-state index contributed by atoms with van der Waals surface area (Å²) >= 11 is 5.91. The molecule has 0 bridgehead atoms. The zero-order valence-electron chi connectivity index (χ0n) is 18.3. The van der Waals surface area contributed by atoms with E-state index >= 15 is 0 Å². The highest BCUT2D eigenvalue weighted by Gasteiger charge is 2.35. The molecule has 0 saturated heterocycles. The molecule has 160 valence electrons. The highest BCUT2D eigenvalue weighted by molar-refractivity contribution is 6.30. The number of rotatable bonds is 6. The summed E-state index contributed by atoms with van der Waals surface area (Å²) in [5, 5.41) is 4.69. The van der Waals surface area contributed by atoms with E-state index in [9.17, 15) is 4.79 Å². The van der Waals surface area contributed by atoms with Crippen molar-refractivity contribution in [2.75, 3.05) is 18.1 Å². The fourth-order valence-electron chi connectivity index (χ4n) is 4.30. The van der Waals surface area contributed by atoms with Gasteiger partial charge in [-0.05, 0) is 87.1 Å². The molecule has 0 aromatic heterocycles. The maximum absolute atomic E-state index is 12.0. The topological polar surface area (TPSA) is 53.9 Å².